The van der Waals surface area contributed by atoms with Gasteiger partial charge in [0.1, 0.15) is 0 Å². The molecule has 0 fully saturated rings. The molecule has 0 aliphatic carbocycles. The van der Waals surface area contributed by atoms with Gasteiger partial charge in [-0.25, -0.2) is 4.98 Å². The maximum absolute atomic E-state index is 11.4. The van der Waals surface area contributed by atoms with Crippen molar-refractivity contribution < 1.29 is 9.53 Å². The average molecular weight is 242 g/mol. The molecule has 0 radical (unpaired) electrons. The monoisotopic (exact) mass is 242 g/mol. The summed E-state index contributed by atoms with van der Waals surface area (Å²) in [6, 6.07) is 1.34. The molecule has 1 aromatic heterocycles. The number of methoxy groups -OCH3 is 1. The highest BCUT2D eigenvalue weighted by atomic mass is 32.2. The molecule has 0 atom stereocenters. The molecule has 6 heteroatoms. The van der Waals surface area contributed by atoms with Gasteiger partial charge in [0.05, 0.1) is 12.5 Å². The van der Waals surface area contributed by atoms with Gasteiger partial charge in [-0.1, -0.05) is 11.8 Å². The molecule has 0 saturated heterocycles. The SMILES string of the molecule is COC(=O)C(C)(C)CSc1nccc(=O)[nH]1. The molecule has 0 aliphatic rings. The number of esters is 1. The predicted octanol–water partition coefficient (Wildman–Crippen LogP) is 1.06. The normalized spacial score (nSPS) is 11.2. The third kappa shape index (κ3) is 3.37. The summed E-state index contributed by atoms with van der Waals surface area (Å²) in [7, 11) is 1.36. The van der Waals surface area contributed by atoms with Gasteiger partial charge in [-0.15, -0.1) is 0 Å². The smallest absolute Gasteiger partial charge is 0.312 e. The Hall–Kier alpha value is -1.30. The van der Waals surface area contributed by atoms with Gasteiger partial charge < -0.3 is 9.72 Å². The molecule has 88 valence electrons. The quantitative estimate of drug-likeness (QED) is 0.485. The predicted molar refractivity (Wildman–Crippen MR) is 61.4 cm³/mol. The van der Waals surface area contributed by atoms with E-state index in [1.165, 1.54) is 31.1 Å². The van der Waals surface area contributed by atoms with Gasteiger partial charge in [0.15, 0.2) is 5.16 Å². The Morgan fingerprint density at radius 2 is 2.31 bits per heavy atom. The Labute approximate surface area is 97.6 Å². The number of ether oxygens (including phenoxy) is 1. The van der Waals surface area contributed by atoms with Crippen molar-refractivity contribution in [2.75, 3.05) is 12.9 Å². The fourth-order valence-corrected chi connectivity index (χ4v) is 1.93. The number of carbonyl (C=O) groups excluding carboxylic acids is 1. The third-order valence-corrected chi connectivity index (χ3v) is 3.30. The fraction of sp³-hybridized carbons (Fsp3) is 0.500. The molecule has 0 amide bonds. The molecule has 1 aromatic rings. The first-order valence-electron chi connectivity index (χ1n) is 4.72. The van der Waals surface area contributed by atoms with Gasteiger partial charge in [-0.05, 0) is 13.8 Å². The number of thioether (sulfide) groups is 1. The molecule has 1 heterocycles. The Kier molecular flexibility index (Phi) is 4.12. The highest BCUT2D eigenvalue weighted by molar-refractivity contribution is 7.99. The molecule has 5 nitrogen and oxygen atoms in total. The first kappa shape index (κ1) is 12.8. The minimum atomic E-state index is -0.603. The molecule has 0 spiro atoms. The number of nitrogens with one attached hydrogen (secondary N) is 1. The van der Waals surface area contributed by atoms with E-state index in [9.17, 15) is 9.59 Å². The maximum Gasteiger partial charge on any atom is 0.312 e. The first-order valence-corrected chi connectivity index (χ1v) is 5.71. The average Bonchev–Trinajstić information content (AvgIpc) is 2.25. The van der Waals surface area contributed by atoms with Gasteiger partial charge in [-0.2, -0.15) is 0 Å². The Bertz CT molecular complexity index is 428. The minimum Gasteiger partial charge on any atom is -0.469 e. The summed E-state index contributed by atoms with van der Waals surface area (Å²) in [4.78, 5) is 29.0. The number of aromatic amines is 1. The number of hydrogen-bond donors (Lipinski definition) is 1. The molecule has 0 saturated carbocycles. The van der Waals surface area contributed by atoms with Crippen LogP contribution in [0.2, 0.25) is 0 Å². The molecule has 0 aliphatic heterocycles. The summed E-state index contributed by atoms with van der Waals surface area (Å²) in [5.74, 6) is 0.213. The van der Waals surface area contributed by atoms with Gasteiger partial charge in [0, 0.05) is 18.0 Å². The van der Waals surface area contributed by atoms with Crippen LogP contribution in [0.1, 0.15) is 13.8 Å². The molecule has 1 rings (SSSR count). The van der Waals surface area contributed by atoms with E-state index < -0.39 is 5.41 Å². The summed E-state index contributed by atoms with van der Waals surface area (Å²) < 4.78 is 4.68. The number of hydrogen-bond acceptors (Lipinski definition) is 5. The molecule has 1 N–H and O–H groups in total. The van der Waals surface area contributed by atoms with Crippen molar-refractivity contribution in [3.63, 3.8) is 0 Å². The van der Waals surface area contributed by atoms with E-state index in [2.05, 4.69) is 14.7 Å². The molecular weight excluding hydrogens is 228 g/mol. The van der Waals surface area contributed by atoms with E-state index in [0.29, 0.717) is 10.9 Å². The topological polar surface area (TPSA) is 72.0 Å². The first-order chi connectivity index (χ1) is 7.45. The van der Waals surface area contributed by atoms with Gasteiger partial charge in [-0.3, -0.25) is 9.59 Å². The van der Waals surface area contributed by atoms with Crippen LogP contribution in [0.3, 0.4) is 0 Å². The second-order valence-electron chi connectivity index (χ2n) is 3.90. The van der Waals surface area contributed by atoms with E-state index >= 15 is 0 Å². The van der Waals surface area contributed by atoms with E-state index in [-0.39, 0.29) is 11.5 Å². The second-order valence-corrected chi connectivity index (χ2v) is 4.87. The Balaban J connectivity index is 2.64. The number of H-pyrrole nitrogens is 1. The third-order valence-electron chi connectivity index (χ3n) is 1.96. The highest BCUT2D eigenvalue weighted by Crippen LogP contribution is 2.25. The second kappa shape index (κ2) is 5.16. The lowest BCUT2D eigenvalue weighted by atomic mass is 9.97. The Morgan fingerprint density at radius 1 is 1.62 bits per heavy atom. The summed E-state index contributed by atoms with van der Waals surface area (Å²) in [5, 5.41) is 0.504. The highest BCUT2D eigenvalue weighted by Gasteiger charge is 2.29. The maximum atomic E-state index is 11.4. The van der Waals surface area contributed by atoms with Crippen molar-refractivity contribution in [2.24, 2.45) is 5.41 Å². The van der Waals surface area contributed by atoms with Crippen LogP contribution in [-0.2, 0) is 9.53 Å². The van der Waals surface area contributed by atoms with Crippen LogP contribution >= 0.6 is 11.8 Å². The minimum absolute atomic E-state index is 0.201. The number of nitrogens with zero attached hydrogens (tertiary/aromatic N) is 1. The number of rotatable bonds is 4. The van der Waals surface area contributed by atoms with Gasteiger partial charge in [0.2, 0.25) is 0 Å². The van der Waals surface area contributed by atoms with Crippen LogP contribution in [-0.4, -0.2) is 28.8 Å². The lowest BCUT2D eigenvalue weighted by Gasteiger charge is -2.20. The van der Waals surface area contributed by atoms with Crippen LogP contribution in [0.5, 0.6) is 0 Å². The van der Waals surface area contributed by atoms with Crippen LogP contribution in [0.15, 0.2) is 22.2 Å². The summed E-state index contributed by atoms with van der Waals surface area (Å²) in [5.41, 5.74) is -0.804. The van der Waals surface area contributed by atoms with Gasteiger partial charge >= 0.3 is 5.97 Å². The summed E-state index contributed by atoms with van der Waals surface area (Å²) >= 11 is 1.32. The van der Waals surface area contributed by atoms with Crippen molar-refractivity contribution in [2.45, 2.75) is 19.0 Å². The van der Waals surface area contributed by atoms with Crippen molar-refractivity contribution in [1.82, 2.24) is 9.97 Å². The zero-order valence-electron chi connectivity index (χ0n) is 9.44. The molecule has 0 aromatic carbocycles. The van der Waals surface area contributed by atoms with Crippen LogP contribution < -0.4 is 5.56 Å². The zero-order valence-corrected chi connectivity index (χ0v) is 10.3. The van der Waals surface area contributed by atoms with Crippen molar-refractivity contribution in [3.8, 4) is 0 Å². The largest absolute Gasteiger partial charge is 0.469 e. The van der Waals surface area contributed by atoms with Gasteiger partial charge in [0.25, 0.3) is 5.56 Å². The van der Waals surface area contributed by atoms with Crippen LogP contribution in [0, 0.1) is 5.41 Å². The Morgan fingerprint density at radius 3 is 2.88 bits per heavy atom. The number of carbonyl (C=O) groups is 1. The van der Waals surface area contributed by atoms with Crippen LogP contribution in [0.4, 0.5) is 0 Å². The van der Waals surface area contributed by atoms with E-state index in [4.69, 9.17) is 0 Å². The molecule has 0 unspecified atom stereocenters. The summed E-state index contributed by atoms with van der Waals surface area (Å²) in [6.45, 7) is 3.57. The fourth-order valence-electron chi connectivity index (χ4n) is 1.01. The van der Waals surface area contributed by atoms with Crippen molar-refractivity contribution in [1.29, 1.82) is 0 Å². The lowest BCUT2D eigenvalue weighted by molar-refractivity contribution is -0.149. The molecular formula is C10H14N2O3S. The van der Waals surface area contributed by atoms with E-state index in [1.54, 1.807) is 13.8 Å². The van der Waals surface area contributed by atoms with Crippen molar-refractivity contribution in [3.05, 3.63) is 22.6 Å². The summed E-state index contributed by atoms with van der Waals surface area (Å²) in [6.07, 6.45) is 1.44. The zero-order chi connectivity index (χ0) is 12.2. The van der Waals surface area contributed by atoms with Crippen LogP contribution in [0.25, 0.3) is 0 Å². The number of aromatic nitrogens is 2. The lowest BCUT2D eigenvalue weighted by Crippen LogP contribution is -2.28. The van der Waals surface area contributed by atoms with E-state index in [1.807, 2.05) is 0 Å². The van der Waals surface area contributed by atoms with Crippen molar-refractivity contribution >= 4 is 17.7 Å². The standard InChI is InChI=1S/C10H14N2O3S/c1-10(2,8(14)15-3)6-16-9-11-5-4-7(13)12-9/h4-5H,6H2,1-3H3,(H,11,12,13). The van der Waals surface area contributed by atoms with E-state index in [0.717, 1.165) is 0 Å². The molecule has 0 bridgehead atoms. The molecule has 16 heavy (non-hydrogen) atoms.